The second kappa shape index (κ2) is 7.98. The van der Waals surface area contributed by atoms with E-state index in [0.29, 0.717) is 23.1 Å². The fraction of sp³-hybridized carbons (Fsp3) is 0.200. The van der Waals surface area contributed by atoms with Gasteiger partial charge in [-0.05, 0) is 43.1 Å². The molecule has 1 atom stereocenters. The Morgan fingerprint density at radius 2 is 1.93 bits per heavy atom. The van der Waals surface area contributed by atoms with Crippen LogP contribution >= 0.6 is 23.1 Å². The SMILES string of the molecule is NCCCC1(c2ccccc2)SC(c2cc(F)ccc2F)=NN1c1nccs1. The second-order valence-electron chi connectivity index (χ2n) is 6.30. The topological polar surface area (TPSA) is 54.5 Å². The quantitative estimate of drug-likeness (QED) is 0.619. The van der Waals surface area contributed by atoms with Gasteiger partial charge in [-0.2, -0.15) is 5.10 Å². The molecule has 1 aliphatic rings. The van der Waals surface area contributed by atoms with E-state index >= 15 is 0 Å². The number of benzene rings is 2. The standard InChI is InChI=1S/C20H18F2N4S2/c21-15-7-8-17(22)16(13-15)18-25-26(19-24-11-12-27-19)20(28-18,9-4-10-23)14-5-2-1-3-6-14/h1-3,5-8,11-13H,4,9-10,23H2. The number of nitrogens with zero attached hydrogens (tertiary/aromatic N) is 3. The van der Waals surface area contributed by atoms with Crippen molar-refractivity contribution in [2.24, 2.45) is 10.8 Å². The van der Waals surface area contributed by atoms with E-state index in [1.807, 2.05) is 40.7 Å². The number of thiazole rings is 1. The summed E-state index contributed by atoms with van der Waals surface area (Å²) in [4.78, 5) is 3.79. The van der Waals surface area contributed by atoms with E-state index in [9.17, 15) is 8.78 Å². The first-order chi connectivity index (χ1) is 13.6. The van der Waals surface area contributed by atoms with Gasteiger partial charge in [-0.25, -0.2) is 18.8 Å². The van der Waals surface area contributed by atoms with Crippen molar-refractivity contribution in [1.29, 1.82) is 0 Å². The molecule has 0 spiro atoms. The Morgan fingerprint density at radius 3 is 2.64 bits per heavy atom. The lowest BCUT2D eigenvalue weighted by Gasteiger charge is -2.35. The van der Waals surface area contributed by atoms with Gasteiger partial charge in [-0.3, -0.25) is 0 Å². The van der Waals surface area contributed by atoms with Crippen molar-refractivity contribution < 1.29 is 8.78 Å². The molecule has 3 aromatic rings. The first kappa shape index (κ1) is 19.0. The number of nitrogens with two attached hydrogens (primary N) is 1. The van der Waals surface area contributed by atoms with E-state index in [1.165, 1.54) is 29.2 Å². The molecule has 4 nitrogen and oxygen atoms in total. The lowest BCUT2D eigenvalue weighted by molar-refractivity contribution is 0.526. The maximum Gasteiger partial charge on any atom is 0.207 e. The molecule has 0 fully saturated rings. The van der Waals surface area contributed by atoms with E-state index in [0.717, 1.165) is 24.1 Å². The Morgan fingerprint density at radius 1 is 1.11 bits per heavy atom. The third kappa shape index (κ3) is 3.43. The summed E-state index contributed by atoms with van der Waals surface area (Å²) in [6, 6.07) is 13.3. The zero-order valence-corrected chi connectivity index (χ0v) is 16.5. The predicted molar refractivity (Wildman–Crippen MR) is 111 cm³/mol. The summed E-state index contributed by atoms with van der Waals surface area (Å²) in [6.07, 6.45) is 3.14. The normalized spacial score (nSPS) is 19.1. The molecule has 1 unspecified atom stereocenters. The van der Waals surface area contributed by atoms with Gasteiger partial charge in [-0.1, -0.05) is 42.1 Å². The van der Waals surface area contributed by atoms with Gasteiger partial charge in [-0.15, -0.1) is 11.3 Å². The van der Waals surface area contributed by atoms with Crippen molar-refractivity contribution in [2.75, 3.05) is 11.6 Å². The molecular weight excluding hydrogens is 398 g/mol. The first-order valence-electron chi connectivity index (χ1n) is 8.82. The fourth-order valence-corrected chi connectivity index (χ4v) is 5.35. The number of thioether (sulfide) groups is 1. The molecule has 0 radical (unpaired) electrons. The van der Waals surface area contributed by atoms with Crippen molar-refractivity contribution in [3.63, 3.8) is 0 Å². The van der Waals surface area contributed by atoms with E-state index < -0.39 is 16.5 Å². The summed E-state index contributed by atoms with van der Waals surface area (Å²) < 4.78 is 28.3. The summed E-state index contributed by atoms with van der Waals surface area (Å²) in [7, 11) is 0. The van der Waals surface area contributed by atoms with Gasteiger partial charge in [0.25, 0.3) is 0 Å². The number of anilines is 1. The molecule has 0 aliphatic carbocycles. The van der Waals surface area contributed by atoms with Crippen LogP contribution in [0.4, 0.5) is 13.9 Å². The van der Waals surface area contributed by atoms with Crippen LogP contribution in [0.25, 0.3) is 0 Å². The van der Waals surface area contributed by atoms with Gasteiger partial charge in [0.05, 0.1) is 0 Å². The van der Waals surface area contributed by atoms with Crippen molar-refractivity contribution in [2.45, 2.75) is 17.7 Å². The van der Waals surface area contributed by atoms with Gasteiger partial charge in [0, 0.05) is 17.1 Å². The van der Waals surface area contributed by atoms with Crippen LogP contribution in [0.2, 0.25) is 0 Å². The van der Waals surface area contributed by atoms with Crippen LogP contribution in [0.15, 0.2) is 65.2 Å². The van der Waals surface area contributed by atoms with Gasteiger partial charge in [0.15, 0.2) is 0 Å². The first-order valence-corrected chi connectivity index (χ1v) is 10.5. The predicted octanol–water partition coefficient (Wildman–Crippen LogP) is 4.93. The molecule has 28 heavy (non-hydrogen) atoms. The van der Waals surface area contributed by atoms with Crippen LogP contribution < -0.4 is 10.7 Å². The minimum Gasteiger partial charge on any atom is -0.330 e. The zero-order chi connectivity index (χ0) is 19.6. The van der Waals surface area contributed by atoms with E-state index in [2.05, 4.69) is 4.98 Å². The monoisotopic (exact) mass is 416 g/mol. The van der Waals surface area contributed by atoms with Gasteiger partial charge in [0.2, 0.25) is 5.13 Å². The van der Waals surface area contributed by atoms with Crippen LogP contribution in [0.3, 0.4) is 0 Å². The van der Waals surface area contributed by atoms with Crippen molar-refractivity contribution in [3.05, 3.63) is 82.9 Å². The number of hydrogen-bond donors (Lipinski definition) is 1. The third-order valence-electron chi connectivity index (χ3n) is 4.50. The summed E-state index contributed by atoms with van der Waals surface area (Å²) in [5.74, 6) is -1.01. The molecule has 8 heteroatoms. The molecule has 0 saturated carbocycles. The van der Waals surface area contributed by atoms with Crippen LogP contribution in [0.5, 0.6) is 0 Å². The van der Waals surface area contributed by atoms with Crippen molar-refractivity contribution >= 4 is 33.3 Å². The molecule has 144 valence electrons. The molecule has 2 aromatic carbocycles. The number of halogens is 2. The number of aromatic nitrogens is 1. The zero-order valence-electron chi connectivity index (χ0n) is 14.9. The molecule has 4 rings (SSSR count). The Kier molecular flexibility index (Phi) is 5.43. The Bertz CT molecular complexity index is 979. The highest BCUT2D eigenvalue weighted by Gasteiger charge is 2.47. The smallest absolute Gasteiger partial charge is 0.207 e. The Labute approximate surface area is 170 Å². The average Bonchev–Trinajstić information content (AvgIpc) is 3.37. The van der Waals surface area contributed by atoms with Crippen LogP contribution in [-0.4, -0.2) is 16.6 Å². The minimum atomic E-state index is -0.632. The molecule has 1 aromatic heterocycles. The van der Waals surface area contributed by atoms with Crippen LogP contribution in [-0.2, 0) is 4.87 Å². The van der Waals surface area contributed by atoms with Crippen molar-refractivity contribution in [1.82, 2.24) is 4.98 Å². The van der Waals surface area contributed by atoms with Crippen molar-refractivity contribution in [3.8, 4) is 0 Å². The molecule has 0 amide bonds. The number of hydrogen-bond acceptors (Lipinski definition) is 6. The summed E-state index contributed by atoms with van der Waals surface area (Å²) in [6.45, 7) is 0.518. The summed E-state index contributed by atoms with van der Waals surface area (Å²) in [5.41, 5.74) is 6.97. The van der Waals surface area contributed by atoms with Gasteiger partial charge < -0.3 is 5.73 Å². The van der Waals surface area contributed by atoms with E-state index in [1.54, 1.807) is 6.20 Å². The molecule has 2 N–H and O–H groups in total. The second-order valence-corrected chi connectivity index (χ2v) is 8.44. The molecule has 1 aliphatic heterocycles. The Balaban J connectivity index is 1.86. The molecule has 0 bridgehead atoms. The molecular formula is C20H18F2N4S2. The average molecular weight is 417 g/mol. The van der Waals surface area contributed by atoms with Crippen LogP contribution in [0.1, 0.15) is 24.0 Å². The molecule has 0 saturated heterocycles. The fourth-order valence-electron chi connectivity index (χ4n) is 3.21. The number of hydrazone groups is 1. The molecule has 2 heterocycles. The maximum atomic E-state index is 14.5. The lowest BCUT2D eigenvalue weighted by Crippen LogP contribution is -2.38. The number of rotatable bonds is 6. The largest absolute Gasteiger partial charge is 0.330 e. The highest BCUT2D eigenvalue weighted by molar-refractivity contribution is 8.15. The van der Waals surface area contributed by atoms with E-state index in [-0.39, 0.29) is 5.56 Å². The van der Waals surface area contributed by atoms with Crippen LogP contribution in [0, 0.1) is 11.6 Å². The third-order valence-corrected chi connectivity index (χ3v) is 6.69. The highest BCUT2D eigenvalue weighted by atomic mass is 32.2. The van der Waals surface area contributed by atoms with Gasteiger partial charge in [0.1, 0.15) is 21.5 Å². The minimum absolute atomic E-state index is 0.150. The Hall–Kier alpha value is -2.29. The maximum absolute atomic E-state index is 14.5. The van der Waals surface area contributed by atoms with Gasteiger partial charge >= 0.3 is 0 Å². The summed E-state index contributed by atoms with van der Waals surface area (Å²) in [5, 5.41) is 9.51. The van der Waals surface area contributed by atoms with E-state index in [4.69, 9.17) is 10.8 Å². The lowest BCUT2D eigenvalue weighted by atomic mass is 10.0. The highest BCUT2D eigenvalue weighted by Crippen LogP contribution is 2.52. The summed E-state index contributed by atoms with van der Waals surface area (Å²) >= 11 is 2.86.